The zero-order valence-electron chi connectivity index (χ0n) is 13.2. The van der Waals surface area contributed by atoms with Crippen LogP contribution in [0.4, 0.5) is 5.82 Å². The molecule has 0 saturated carbocycles. The van der Waals surface area contributed by atoms with Crippen LogP contribution in [0.5, 0.6) is 0 Å². The molecule has 3 rings (SSSR count). The second-order valence-electron chi connectivity index (χ2n) is 5.20. The first-order chi connectivity index (χ1) is 12.0. The Kier molecular flexibility index (Phi) is 5.53. The van der Waals surface area contributed by atoms with Crippen molar-refractivity contribution in [2.45, 2.75) is 6.92 Å². The van der Waals surface area contributed by atoms with Crippen LogP contribution in [0.15, 0.2) is 59.7 Å². The van der Waals surface area contributed by atoms with Crippen molar-refractivity contribution in [3.8, 4) is 11.4 Å². The molecule has 0 amide bonds. The van der Waals surface area contributed by atoms with E-state index in [-0.39, 0.29) is 0 Å². The lowest BCUT2D eigenvalue weighted by Crippen LogP contribution is -2.02. The van der Waals surface area contributed by atoms with Gasteiger partial charge in [-0.15, -0.1) is 0 Å². The normalized spacial score (nSPS) is 11.4. The van der Waals surface area contributed by atoms with Gasteiger partial charge in [0.2, 0.25) is 0 Å². The molecule has 0 aliphatic heterocycles. The summed E-state index contributed by atoms with van der Waals surface area (Å²) in [4.78, 5) is 8.68. The second kappa shape index (κ2) is 7.83. The van der Waals surface area contributed by atoms with Crippen molar-refractivity contribution in [2.75, 3.05) is 5.43 Å². The van der Waals surface area contributed by atoms with Crippen molar-refractivity contribution in [1.29, 1.82) is 0 Å². The number of hydrazone groups is 1. The van der Waals surface area contributed by atoms with Gasteiger partial charge in [0.15, 0.2) is 11.6 Å². The molecule has 1 heterocycles. The molecule has 0 spiro atoms. The number of nitrogens with zero attached hydrogens (tertiary/aromatic N) is 3. The Morgan fingerprint density at radius 1 is 0.920 bits per heavy atom. The molecule has 1 aromatic heterocycles. The summed E-state index contributed by atoms with van der Waals surface area (Å²) >= 11 is 18.1. The molecule has 2 aromatic carbocycles. The maximum absolute atomic E-state index is 6.10. The average Bonchev–Trinajstić information content (AvgIpc) is 2.62. The molecular weight excluding hydrogens is 379 g/mol. The summed E-state index contributed by atoms with van der Waals surface area (Å²) in [6.45, 7) is 1.85. The first kappa shape index (κ1) is 17.7. The van der Waals surface area contributed by atoms with E-state index in [9.17, 15) is 0 Å². The molecule has 4 nitrogen and oxygen atoms in total. The molecule has 0 bridgehead atoms. The summed E-state index contributed by atoms with van der Waals surface area (Å²) in [5.74, 6) is 1.02. The van der Waals surface area contributed by atoms with E-state index in [1.807, 2.05) is 43.3 Å². The van der Waals surface area contributed by atoms with Gasteiger partial charge < -0.3 is 0 Å². The van der Waals surface area contributed by atoms with Gasteiger partial charge in [0.25, 0.3) is 0 Å². The van der Waals surface area contributed by atoms with Crippen molar-refractivity contribution in [2.24, 2.45) is 5.10 Å². The fourth-order valence-electron chi connectivity index (χ4n) is 2.12. The Bertz CT molecular complexity index is 927. The number of benzene rings is 2. The number of anilines is 1. The summed E-state index contributed by atoms with van der Waals surface area (Å²) in [7, 11) is 0. The second-order valence-corrected chi connectivity index (χ2v) is 6.41. The van der Waals surface area contributed by atoms with Crippen LogP contribution in [-0.2, 0) is 0 Å². The lowest BCUT2D eigenvalue weighted by Gasteiger charge is -2.07. The summed E-state index contributed by atoms with van der Waals surface area (Å²) < 4.78 is 0. The maximum atomic E-state index is 6.10. The first-order valence-corrected chi connectivity index (χ1v) is 8.52. The fourth-order valence-corrected chi connectivity index (χ4v) is 2.60. The number of rotatable bonds is 4. The van der Waals surface area contributed by atoms with Gasteiger partial charge in [0.05, 0.1) is 15.8 Å². The summed E-state index contributed by atoms with van der Waals surface area (Å²) in [6.07, 6.45) is 0. The van der Waals surface area contributed by atoms with E-state index in [2.05, 4.69) is 20.5 Å². The molecule has 3 aromatic rings. The number of hydrogen-bond donors (Lipinski definition) is 1. The van der Waals surface area contributed by atoms with Crippen LogP contribution in [0.25, 0.3) is 11.4 Å². The third kappa shape index (κ3) is 4.48. The summed E-state index contributed by atoms with van der Waals surface area (Å²) in [6, 6.07) is 16.5. The van der Waals surface area contributed by atoms with E-state index in [1.165, 1.54) is 0 Å². The Balaban J connectivity index is 1.85. The molecule has 0 aliphatic rings. The zero-order valence-corrected chi connectivity index (χ0v) is 15.4. The predicted molar refractivity (Wildman–Crippen MR) is 105 cm³/mol. The molecule has 126 valence electrons. The van der Waals surface area contributed by atoms with Crippen molar-refractivity contribution in [3.63, 3.8) is 0 Å². The SMILES string of the molecule is CC(=NNc1cc(Cl)nc(-c2ccccc2)n1)c1ccc(Cl)c(Cl)c1. The molecule has 0 aliphatic carbocycles. The third-order valence-corrected chi connectivity index (χ3v) is 4.34. The molecule has 0 radical (unpaired) electrons. The minimum atomic E-state index is 0.332. The first-order valence-electron chi connectivity index (χ1n) is 7.38. The standard InChI is InChI=1S/C18H13Cl3N4/c1-11(13-7-8-14(19)15(20)9-13)24-25-17-10-16(21)22-18(23-17)12-5-3-2-4-6-12/h2-10H,1H3,(H,22,23,25). The molecule has 7 heteroatoms. The number of halogens is 3. The van der Waals surface area contributed by atoms with E-state index >= 15 is 0 Å². The van der Waals surface area contributed by atoms with Crippen LogP contribution in [-0.4, -0.2) is 15.7 Å². The van der Waals surface area contributed by atoms with E-state index < -0.39 is 0 Å². The lowest BCUT2D eigenvalue weighted by molar-refractivity contribution is 1.14. The van der Waals surface area contributed by atoms with Crippen LogP contribution in [0.2, 0.25) is 15.2 Å². The Hall–Kier alpha value is -2.14. The van der Waals surface area contributed by atoms with Gasteiger partial charge in [0.1, 0.15) is 5.15 Å². The Labute approximate surface area is 160 Å². The minimum Gasteiger partial charge on any atom is -0.261 e. The average molecular weight is 392 g/mol. The molecular formula is C18H13Cl3N4. The molecule has 0 fully saturated rings. The minimum absolute atomic E-state index is 0.332. The quantitative estimate of drug-likeness (QED) is 0.340. The molecule has 25 heavy (non-hydrogen) atoms. The van der Waals surface area contributed by atoms with Gasteiger partial charge in [-0.25, -0.2) is 9.97 Å². The highest BCUT2D eigenvalue weighted by atomic mass is 35.5. The van der Waals surface area contributed by atoms with Crippen molar-refractivity contribution >= 4 is 46.3 Å². The van der Waals surface area contributed by atoms with E-state index in [0.717, 1.165) is 16.8 Å². The van der Waals surface area contributed by atoms with E-state index in [4.69, 9.17) is 34.8 Å². The van der Waals surface area contributed by atoms with Gasteiger partial charge >= 0.3 is 0 Å². The van der Waals surface area contributed by atoms with Crippen molar-refractivity contribution < 1.29 is 0 Å². The largest absolute Gasteiger partial charge is 0.261 e. The molecule has 1 N–H and O–H groups in total. The van der Waals surface area contributed by atoms with E-state index in [1.54, 1.807) is 18.2 Å². The van der Waals surface area contributed by atoms with Gasteiger partial charge in [-0.1, -0.05) is 71.2 Å². The highest BCUT2D eigenvalue weighted by molar-refractivity contribution is 6.42. The lowest BCUT2D eigenvalue weighted by atomic mass is 10.1. The van der Waals surface area contributed by atoms with Crippen LogP contribution >= 0.6 is 34.8 Å². The zero-order chi connectivity index (χ0) is 17.8. The maximum Gasteiger partial charge on any atom is 0.163 e. The number of hydrogen-bond acceptors (Lipinski definition) is 4. The highest BCUT2D eigenvalue weighted by Gasteiger charge is 2.06. The van der Waals surface area contributed by atoms with Crippen molar-refractivity contribution in [3.05, 3.63) is 75.4 Å². The highest BCUT2D eigenvalue weighted by Crippen LogP contribution is 2.23. The third-order valence-electron chi connectivity index (χ3n) is 3.40. The summed E-state index contributed by atoms with van der Waals surface area (Å²) in [5, 5.41) is 5.64. The van der Waals surface area contributed by atoms with Crippen LogP contribution < -0.4 is 5.43 Å². The van der Waals surface area contributed by atoms with Gasteiger partial charge in [-0.05, 0) is 24.6 Å². The van der Waals surface area contributed by atoms with Gasteiger partial charge in [0, 0.05) is 11.6 Å². The van der Waals surface area contributed by atoms with Gasteiger partial charge in [-0.2, -0.15) is 5.10 Å². The molecule has 0 unspecified atom stereocenters. The Morgan fingerprint density at radius 2 is 1.68 bits per heavy atom. The number of aromatic nitrogens is 2. The predicted octanol–water partition coefficient (Wildman–Crippen LogP) is 5.94. The van der Waals surface area contributed by atoms with Crippen LogP contribution in [0, 0.1) is 0 Å². The van der Waals surface area contributed by atoms with E-state index in [0.29, 0.717) is 26.8 Å². The van der Waals surface area contributed by atoms with Gasteiger partial charge in [-0.3, -0.25) is 5.43 Å². The van der Waals surface area contributed by atoms with Crippen LogP contribution in [0.3, 0.4) is 0 Å². The fraction of sp³-hybridized carbons (Fsp3) is 0.0556. The van der Waals surface area contributed by atoms with Crippen LogP contribution in [0.1, 0.15) is 12.5 Å². The Morgan fingerprint density at radius 3 is 2.40 bits per heavy atom. The number of nitrogens with one attached hydrogen (secondary N) is 1. The molecule has 0 atom stereocenters. The van der Waals surface area contributed by atoms with Crippen molar-refractivity contribution in [1.82, 2.24) is 9.97 Å². The monoisotopic (exact) mass is 390 g/mol. The topological polar surface area (TPSA) is 50.2 Å². The summed E-state index contributed by atoms with van der Waals surface area (Å²) in [5.41, 5.74) is 5.36. The molecule has 0 saturated heterocycles. The smallest absolute Gasteiger partial charge is 0.163 e.